The number of allylic oxidation sites excluding steroid dienone is 15. The van der Waals surface area contributed by atoms with Crippen LogP contribution in [0.4, 0.5) is 17.1 Å². The highest BCUT2D eigenvalue weighted by molar-refractivity contribution is 6.07. The Morgan fingerprint density at radius 1 is 0.487 bits per heavy atom. The molecule has 8 heteroatoms. The van der Waals surface area contributed by atoms with Crippen molar-refractivity contribution in [2.45, 2.75) is 5.92 Å². The molecule has 16 rings (SSSR count). The fourth-order valence-electron chi connectivity index (χ4n) is 10.1. The molecule has 366 valence electrons. The molecule has 0 fully saturated rings. The van der Waals surface area contributed by atoms with E-state index in [0.717, 1.165) is 112 Å². The van der Waals surface area contributed by atoms with Gasteiger partial charge in [-0.05, 0) is 60.1 Å². The van der Waals surface area contributed by atoms with Crippen LogP contribution in [0.15, 0.2) is 284 Å². The number of anilines is 3. The Balaban J connectivity index is 0.0000000970. The predicted molar refractivity (Wildman–Crippen MR) is 311 cm³/mol. The molecular formula is C68H48N4O4-2. The van der Waals surface area contributed by atoms with Gasteiger partial charge in [-0.3, -0.25) is 13.8 Å². The summed E-state index contributed by atoms with van der Waals surface area (Å²) in [5.41, 5.74) is 16.7. The Morgan fingerprint density at radius 3 is 1.63 bits per heavy atom. The second-order valence-electron chi connectivity index (χ2n) is 18.3. The number of nitrogens with zero attached hydrogens (tertiary/aromatic N) is 1. The van der Waals surface area contributed by atoms with E-state index in [9.17, 15) is 0 Å². The minimum Gasteiger partial charge on any atom is -0.458 e. The first-order valence-corrected chi connectivity index (χ1v) is 25.3. The Bertz CT molecular complexity index is 4130. The van der Waals surface area contributed by atoms with E-state index in [1.807, 2.05) is 170 Å². The maximum atomic E-state index is 6.04. The zero-order valence-corrected chi connectivity index (χ0v) is 41.1. The Hall–Kier alpha value is -10.3. The van der Waals surface area contributed by atoms with Crippen molar-refractivity contribution in [1.82, 2.24) is 4.98 Å². The number of hydrogen-bond donors (Lipinski definition) is 3. The molecule has 0 bridgehead atoms. The molecule has 2 aliphatic carbocycles. The van der Waals surface area contributed by atoms with Gasteiger partial charge in [0.15, 0.2) is 5.58 Å². The number of rotatable bonds is 2. The van der Waals surface area contributed by atoms with Crippen LogP contribution in [0.5, 0.6) is 0 Å². The van der Waals surface area contributed by atoms with E-state index in [-0.39, 0.29) is 5.92 Å². The molecule has 8 heterocycles. The van der Waals surface area contributed by atoms with E-state index in [2.05, 4.69) is 119 Å². The van der Waals surface area contributed by atoms with Crippen molar-refractivity contribution in [3.05, 3.63) is 302 Å². The standard InChI is InChI=1S/C17H13NO.2C17H12NO.C17H11NO/c4*1-2-6-12(7-3-1)13-10-11-18-16-14-8-4-5-9-15(14)19-17(13)16/h1-11,13,18H;2*1-11,18H;1-11H/q;2*-1;. The molecule has 1 unspecified atom stereocenters. The van der Waals surface area contributed by atoms with Crippen LogP contribution in [-0.2, 0) is 0 Å². The topological polar surface area (TPSA) is 97.9 Å². The van der Waals surface area contributed by atoms with Gasteiger partial charge >= 0.3 is 0 Å². The zero-order chi connectivity index (χ0) is 50.6. The minimum absolute atomic E-state index is 0.185. The Labute approximate surface area is 439 Å². The molecule has 1 atom stereocenters. The molecule has 11 aromatic rings. The van der Waals surface area contributed by atoms with E-state index < -0.39 is 0 Å². The molecule has 5 aliphatic rings. The molecule has 0 saturated carbocycles. The summed E-state index contributed by atoms with van der Waals surface area (Å²) in [4.78, 5) is 4.46. The molecule has 0 amide bonds. The van der Waals surface area contributed by atoms with Crippen LogP contribution < -0.4 is 16.0 Å². The fraction of sp³-hybridized carbons (Fsp3) is 0.0147. The number of aromatic nitrogens is 1. The largest absolute Gasteiger partial charge is 0.458 e. The van der Waals surface area contributed by atoms with Crippen molar-refractivity contribution < 1.29 is 17.7 Å². The van der Waals surface area contributed by atoms with Crippen molar-refractivity contribution in [3.63, 3.8) is 0 Å². The summed E-state index contributed by atoms with van der Waals surface area (Å²) in [6.45, 7) is 0. The molecule has 8 nitrogen and oxygen atoms in total. The molecule has 6 aromatic carbocycles. The lowest BCUT2D eigenvalue weighted by molar-refractivity contribution is 0.545. The zero-order valence-electron chi connectivity index (χ0n) is 41.1. The summed E-state index contributed by atoms with van der Waals surface area (Å²) in [6, 6.07) is 55.0. The number of para-hydroxylation sites is 4. The van der Waals surface area contributed by atoms with Gasteiger partial charge in [-0.1, -0.05) is 139 Å². The summed E-state index contributed by atoms with van der Waals surface area (Å²) in [5, 5.41) is 14.3. The lowest BCUT2D eigenvalue weighted by atomic mass is 9.93. The van der Waals surface area contributed by atoms with Gasteiger partial charge in [-0.25, -0.2) is 0 Å². The number of hydrogen-bond acceptors (Lipinski definition) is 6. The lowest BCUT2D eigenvalue weighted by Gasteiger charge is -2.21. The molecule has 0 radical (unpaired) electrons. The summed E-state index contributed by atoms with van der Waals surface area (Å²) in [5.74, 6) is 3.00. The second kappa shape index (κ2) is 20.3. The predicted octanol–water partition coefficient (Wildman–Crippen LogP) is 18.1. The molecular weight excluding hydrogens is 937 g/mol. The average Bonchev–Trinajstić information content (AvgIpc) is 4.30. The van der Waals surface area contributed by atoms with Gasteiger partial charge in [0, 0.05) is 45.4 Å². The summed E-state index contributed by atoms with van der Waals surface area (Å²) in [7, 11) is 0. The van der Waals surface area contributed by atoms with Gasteiger partial charge in [0.2, 0.25) is 0 Å². The van der Waals surface area contributed by atoms with E-state index >= 15 is 0 Å². The fourth-order valence-corrected chi connectivity index (χ4v) is 10.1. The average molecular weight is 985 g/mol. The van der Waals surface area contributed by atoms with Crippen LogP contribution in [-0.4, -0.2) is 4.98 Å². The van der Waals surface area contributed by atoms with Crippen molar-refractivity contribution >= 4 is 83.2 Å². The van der Waals surface area contributed by atoms with Gasteiger partial charge in [0.25, 0.3) is 22.7 Å². The van der Waals surface area contributed by atoms with Gasteiger partial charge in [0.05, 0.1) is 23.0 Å². The van der Waals surface area contributed by atoms with E-state index in [4.69, 9.17) is 17.7 Å². The maximum Gasteiger partial charge on any atom is 0.271 e. The van der Waals surface area contributed by atoms with Crippen LogP contribution >= 0.6 is 0 Å². The maximum absolute atomic E-state index is 6.04. The highest BCUT2D eigenvalue weighted by Gasteiger charge is 2.25. The van der Waals surface area contributed by atoms with Crippen LogP contribution in [0, 0.1) is 12.8 Å². The van der Waals surface area contributed by atoms with Crippen LogP contribution in [0.2, 0.25) is 0 Å². The first-order valence-electron chi connectivity index (χ1n) is 25.3. The molecule has 5 aromatic heterocycles. The smallest absolute Gasteiger partial charge is 0.271 e. The summed E-state index contributed by atoms with van der Waals surface area (Å²) < 4.78 is 24.0. The highest BCUT2D eigenvalue weighted by atomic mass is 16.3. The number of benzene rings is 6. The quantitative estimate of drug-likeness (QED) is 0.116. The SMILES string of the molecule is C1=CC(c2ccccc2)c2oc3ccccc3c2N1.C1=C[CH-]/C(=C2/C=CNc3c4ccccc4[o+][c-]32)C=C1.C1=C[CH-]C(=C2C=CNc3c4ccccc4[o+][c-]32)C=C1.c1ccc(-c2ccnc3c2oc2ccccc23)cc1. The third-order valence-electron chi connectivity index (χ3n) is 13.7. The van der Waals surface area contributed by atoms with Gasteiger partial charge in [-0.2, -0.15) is 60.4 Å². The first-order chi connectivity index (χ1) is 37.7. The van der Waals surface area contributed by atoms with E-state index in [1.165, 1.54) is 16.7 Å². The summed E-state index contributed by atoms with van der Waals surface area (Å²) in [6.07, 6.45) is 34.6. The van der Waals surface area contributed by atoms with Crippen LogP contribution in [0.3, 0.4) is 0 Å². The number of nitrogens with one attached hydrogen (secondary N) is 3. The van der Waals surface area contributed by atoms with E-state index in [1.54, 1.807) is 0 Å². The summed E-state index contributed by atoms with van der Waals surface area (Å²) >= 11 is 0. The minimum atomic E-state index is 0.185. The molecule has 3 N–H and O–H groups in total. The highest BCUT2D eigenvalue weighted by Crippen LogP contribution is 2.44. The van der Waals surface area contributed by atoms with E-state index in [0.29, 0.717) is 0 Å². The number of pyridine rings is 1. The van der Waals surface area contributed by atoms with Gasteiger partial charge in [0.1, 0.15) is 22.4 Å². The van der Waals surface area contributed by atoms with Gasteiger partial charge in [-0.15, -0.1) is 24.3 Å². The number of fused-ring (bicyclic) bond motifs is 12. The third-order valence-corrected chi connectivity index (χ3v) is 13.7. The molecule has 76 heavy (non-hydrogen) atoms. The molecule has 0 saturated heterocycles. The van der Waals surface area contributed by atoms with Crippen LogP contribution in [0.1, 0.15) is 28.8 Å². The van der Waals surface area contributed by atoms with Crippen molar-refractivity contribution in [3.8, 4) is 11.1 Å². The Kier molecular flexibility index (Phi) is 12.2. The van der Waals surface area contributed by atoms with Gasteiger partial charge < -0.3 is 24.8 Å². The lowest BCUT2D eigenvalue weighted by Crippen LogP contribution is -2.05. The third kappa shape index (κ3) is 8.69. The molecule has 3 aliphatic heterocycles. The number of furan rings is 4. The first kappa shape index (κ1) is 45.5. The van der Waals surface area contributed by atoms with Crippen LogP contribution in [0.25, 0.3) is 77.2 Å². The van der Waals surface area contributed by atoms with Crippen molar-refractivity contribution in [2.24, 2.45) is 0 Å². The monoisotopic (exact) mass is 984 g/mol. The molecule has 0 spiro atoms. The normalized spacial score (nSPS) is 17.2. The second-order valence-corrected chi connectivity index (χ2v) is 18.3. The van der Waals surface area contributed by atoms with Crippen molar-refractivity contribution in [2.75, 3.05) is 16.0 Å². The van der Waals surface area contributed by atoms with Crippen molar-refractivity contribution in [1.29, 1.82) is 0 Å². The Morgan fingerprint density at radius 2 is 1.03 bits per heavy atom.